The summed E-state index contributed by atoms with van der Waals surface area (Å²) in [6, 6.07) is 10.1. The van der Waals surface area contributed by atoms with Crippen molar-refractivity contribution >= 4 is 27.3 Å². The first kappa shape index (κ1) is 26.2. The molecule has 0 amide bonds. The Hall–Kier alpha value is -3.38. The zero-order valence-electron chi connectivity index (χ0n) is 20.7. The van der Waals surface area contributed by atoms with Crippen LogP contribution < -0.4 is 15.4 Å². The minimum absolute atomic E-state index is 0.0792. The van der Waals surface area contributed by atoms with Crippen LogP contribution in [0, 0.1) is 5.82 Å². The lowest BCUT2D eigenvalue weighted by molar-refractivity contribution is 0.566. The number of anilines is 1. The Morgan fingerprint density at radius 1 is 1.13 bits per heavy atom. The first-order valence-electron chi connectivity index (χ1n) is 12.2. The van der Waals surface area contributed by atoms with Crippen molar-refractivity contribution in [2.75, 3.05) is 31.1 Å². The lowest BCUT2D eigenvalue weighted by Crippen LogP contribution is -2.43. The number of primary sulfonamides is 1. The highest BCUT2D eigenvalue weighted by molar-refractivity contribution is 7.89. The Morgan fingerprint density at radius 2 is 1.87 bits per heavy atom. The van der Waals surface area contributed by atoms with Gasteiger partial charge in [0.2, 0.25) is 10.0 Å². The predicted molar refractivity (Wildman–Crippen MR) is 146 cm³/mol. The third kappa shape index (κ3) is 5.28. The molecule has 4 aromatic rings. The van der Waals surface area contributed by atoms with Gasteiger partial charge in [-0.1, -0.05) is 18.5 Å². The Morgan fingerprint density at radius 3 is 2.50 bits per heavy atom. The summed E-state index contributed by atoms with van der Waals surface area (Å²) in [6.45, 7) is 5.25. The van der Waals surface area contributed by atoms with Gasteiger partial charge >= 0.3 is 0 Å². The highest BCUT2D eigenvalue weighted by Gasteiger charge is 2.28. The lowest BCUT2D eigenvalue weighted by atomic mass is 9.98. The number of piperazine rings is 1. The third-order valence-electron chi connectivity index (χ3n) is 6.59. The number of rotatable bonds is 7. The first-order chi connectivity index (χ1) is 18.3. The van der Waals surface area contributed by atoms with E-state index >= 15 is 4.39 Å². The smallest absolute Gasteiger partial charge is 0.216 e. The van der Waals surface area contributed by atoms with E-state index in [4.69, 9.17) is 21.8 Å². The van der Waals surface area contributed by atoms with Crippen molar-refractivity contribution in [1.82, 2.24) is 25.1 Å². The van der Waals surface area contributed by atoms with Gasteiger partial charge in [0.05, 0.1) is 11.9 Å². The second-order valence-corrected chi connectivity index (χ2v) is 11.2. The van der Waals surface area contributed by atoms with Crippen LogP contribution in [0.25, 0.3) is 28.2 Å². The highest BCUT2D eigenvalue weighted by atomic mass is 35.5. The maximum absolute atomic E-state index is 16.0. The monoisotopic (exact) mass is 555 g/mol. The molecule has 1 aliphatic rings. The van der Waals surface area contributed by atoms with Crippen molar-refractivity contribution in [3.05, 3.63) is 77.6 Å². The summed E-state index contributed by atoms with van der Waals surface area (Å²) < 4.78 is 42.0. The first-order valence-corrected chi connectivity index (χ1v) is 14.2. The van der Waals surface area contributed by atoms with Crippen LogP contribution in [0.1, 0.15) is 24.2 Å². The number of pyridine rings is 2. The van der Waals surface area contributed by atoms with Crippen LogP contribution >= 0.6 is 11.6 Å². The van der Waals surface area contributed by atoms with Gasteiger partial charge in [0.1, 0.15) is 16.8 Å². The van der Waals surface area contributed by atoms with Crippen LogP contribution in [0.15, 0.2) is 61.2 Å². The summed E-state index contributed by atoms with van der Waals surface area (Å²) in [7, 11) is -4.07. The van der Waals surface area contributed by atoms with Crippen LogP contribution in [-0.2, 0) is 10.0 Å². The van der Waals surface area contributed by atoms with Gasteiger partial charge in [0.15, 0.2) is 5.82 Å². The van der Waals surface area contributed by atoms with E-state index in [0.717, 1.165) is 31.9 Å². The molecule has 0 bridgehead atoms. The molecule has 0 saturated carbocycles. The van der Waals surface area contributed by atoms with E-state index in [9.17, 15) is 8.42 Å². The number of nitrogens with one attached hydrogen (secondary N) is 1. The Kier molecular flexibility index (Phi) is 7.44. The molecule has 1 atom stereocenters. The van der Waals surface area contributed by atoms with E-state index in [1.807, 2.05) is 12.1 Å². The van der Waals surface area contributed by atoms with E-state index in [0.29, 0.717) is 22.6 Å². The van der Waals surface area contributed by atoms with Gasteiger partial charge in [0, 0.05) is 72.0 Å². The second kappa shape index (κ2) is 10.8. The van der Waals surface area contributed by atoms with Crippen LogP contribution in [0.3, 0.4) is 0 Å². The molecule has 1 unspecified atom stereocenters. The Bertz CT molecular complexity index is 1540. The van der Waals surface area contributed by atoms with Gasteiger partial charge < -0.3 is 10.2 Å². The summed E-state index contributed by atoms with van der Waals surface area (Å²) >= 11 is 6.38. The van der Waals surface area contributed by atoms with E-state index in [-0.39, 0.29) is 22.6 Å². The quantitative estimate of drug-likeness (QED) is 0.354. The molecule has 1 aromatic carbocycles. The standard InChI is InChI=1S/C26H27ClFN7O2S/c1-2-23(38(29,36)37)21-14-18(27)13-20(25(21)28)22-16-35(33-26(22)17-5-7-30-8-6-17)24-4-3-19(15-32-24)34-11-9-31-10-12-34/h3-8,13-16,23,31H,2,9-12H2,1H3,(H2,29,36,37). The second-order valence-electron chi connectivity index (χ2n) is 9.03. The number of hydrogen-bond acceptors (Lipinski definition) is 7. The molecule has 4 heterocycles. The number of aromatic nitrogens is 4. The average molecular weight is 556 g/mol. The topological polar surface area (TPSA) is 119 Å². The van der Waals surface area contributed by atoms with E-state index < -0.39 is 21.1 Å². The molecule has 1 fully saturated rings. The Labute approximate surface area is 225 Å². The number of nitrogens with two attached hydrogens (primary N) is 1. The minimum atomic E-state index is -4.07. The van der Waals surface area contributed by atoms with E-state index in [1.165, 1.54) is 12.1 Å². The van der Waals surface area contributed by atoms with E-state index in [2.05, 4.69) is 20.2 Å². The zero-order chi connectivity index (χ0) is 26.9. The molecule has 3 aromatic heterocycles. The summed E-state index contributed by atoms with van der Waals surface area (Å²) in [6.07, 6.45) is 6.79. The molecule has 1 saturated heterocycles. The van der Waals surface area contributed by atoms with Gasteiger partial charge in [-0.25, -0.2) is 27.6 Å². The summed E-state index contributed by atoms with van der Waals surface area (Å²) in [5.41, 5.74) is 2.64. The summed E-state index contributed by atoms with van der Waals surface area (Å²) in [5, 5.41) is 12.4. The molecule has 1 aliphatic heterocycles. The molecule has 0 radical (unpaired) electrons. The zero-order valence-corrected chi connectivity index (χ0v) is 22.3. The van der Waals surface area contributed by atoms with Crippen molar-refractivity contribution in [2.24, 2.45) is 5.14 Å². The van der Waals surface area contributed by atoms with Gasteiger partial charge in [0.25, 0.3) is 0 Å². The summed E-state index contributed by atoms with van der Waals surface area (Å²) in [5.74, 6) is -0.170. The number of hydrogen-bond donors (Lipinski definition) is 2. The molecule has 0 aliphatic carbocycles. The third-order valence-corrected chi connectivity index (χ3v) is 8.19. The molecule has 198 valence electrons. The SMILES string of the molecule is CCC(c1cc(Cl)cc(-c2cn(-c3ccc(N4CCNCC4)cn3)nc2-c2ccncc2)c1F)S(N)(=O)=O. The fourth-order valence-corrected chi connectivity index (χ4v) is 5.92. The molecular weight excluding hydrogens is 529 g/mol. The molecule has 0 spiro atoms. The fourth-order valence-electron chi connectivity index (χ4n) is 4.71. The van der Waals surface area contributed by atoms with Crippen LogP contribution in [0.2, 0.25) is 5.02 Å². The number of sulfonamides is 1. The van der Waals surface area contributed by atoms with Crippen molar-refractivity contribution in [3.63, 3.8) is 0 Å². The molecule has 9 nitrogen and oxygen atoms in total. The maximum atomic E-state index is 16.0. The van der Waals surface area contributed by atoms with Gasteiger partial charge in [-0.15, -0.1) is 0 Å². The number of nitrogens with zero attached hydrogens (tertiary/aromatic N) is 5. The molecule has 12 heteroatoms. The van der Waals surface area contributed by atoms with Crippen LogP contribution in [-0.4, -0.2) is 54.3 Å². The number of benzene rings is 1. The van der Waals surface area contributed by atoms with Gasteiger partial charge in [-0.2, -0.15) is 5.10 Å². The van der Waals surface area contributed by atoms with Crippen molar-refractivity contribution in [3.8, 4) is 28.2 Å². The molecular formula is C26H27ClFN7O2S. The maximum Gasteiger partial charge on any atom is 0.216 e. The van der Waals surface area contributed by atoms with Crippen molar-refractivity contribution < 1.29 is 12.8 Å². The molecule has 38 heavy (non-hydrogen) atoms. The van der Waals surface area contributed by atoms with Crippen molar-refractivity contribution in [2.45, 2.75) is 18.6 Å². The highest BCUT2D eigenvalue weighted by Crippen LogP contribution is 2.39. The van der Waals surface area contributed by atoms with Crippen molar-refractivity contribution in [1.29, 1.82) is 0 Å². The van der Waals surface area contributed by atoms with Crippen LogP contribution in [0.5, 0.6) is 0 Å². The predicted octanol–water partition coefficient (Wildman–Crippen LogP) is 3.94. The van der Waals surface area contributed by atoms with Gasteiger partial charge in [-0.05, 0) is 42.8 Å². The summed E-state index contributed by atoms with van der Waals surface area (Å²) in [4.78, 5) is 10.9. The fraction of sp³-hybridized carbons (Fsp3) is 0.269. The Balaban J connectivity index is 1.63. The molecule has 5 rings (SSSR count). The molecule has 3 N–H and O–H groups in total. The van der Waals surface area contributed by atoms with Gasteiger partial charge in [-0.3, -0.25) is 4.98 Å². The average Bonchev–Trinajstić information content (AvgIpc) is 3.36. The minimum Gasteiger partial charge on any atom is -0.368 e. The van der Waals surface area contributed by atoms with Crippen LogP contribution in [0.4, 0.5) is 10.1 Å². The normalized spacial score (nSPS) is 15.0. The largest absolute Gasteiger partial charge is 0.368 e. The lowest BCUT2D eigenvalue weighted by Gasteiger charge is -2.29. The van der Waals surface area contributed by atoms with E-state index in [1.54, 1.807) is 48.5 Å². The number of halogens is 2.